The van der Waals surface area contributed by atoms with Crippen molar-refractivity contribution in [1.82, 2.24) is 9.97 Å². The molecule has 0 aliphatic carbocycles. The molecule has 0 bridgehead atoms. The highest BCUT2D eigenvalue weighted by molar-refractivity contribution is 6.31. The van der Waals surface area contributed by atoms with Crippen LogP contribution in [-0.4, -0.2) is 9.97 Å². The van der Waals surface area contributed by atoms with Gasteiger partial charge in [-0.1, -0.05) is 48.0 Å². The fraction of sp³-hybridized carbons (Fsp3) is 0. The van der Waals surface area contributed by atoms with Gasteiger partial charge in [0.25, 0.3) is 0 Å². The van der Waals surface area contributed by atoms with E-state index in [0.717, 1.165) is 5.56 Å². The lowest BCUT2D eigenvalue weighted by Crippen LogP contribution is -1.86. The van der Waals surface area contributed by atoms with Crippen molar-refractivity contribution < 1.29 is 0 Å². The summed E-state index contributed by atoms with van der Waals surface area (Å²) in [5.74, 6) is 0. The predicted octanol–water partition coefficient (Wildman–Crippen LogP) is 3.95. The van der Waals surface area contributed by atoms with Crippen molar-refractivity contribution in [2.24, 2.45) is 0 Å². The summed E-state index contributed by atoms with van der Waals surface area (Å²) in [6, 6.07) is 11.6. The van der Waals surface area contributed by atoms with Gasteiger partial charge in [-0.25, -0.2) is 9.97 Å². The Morgan fingerprint density at radius 2 is 1.69 bits per heavy atom. The van der Waals surface area contributed by atoms with Gasteiger partial charge in [0, 0.05) is 6.07 Å². The third-order valence-electron chi connectivity index (χ3n) is 1.93. The summed E-state index contributed by atoms with van der Waals surface area (Å²) >= 11 is 11.5. The monoisotopic (exact) mass is 250 g/mol. The van der Waals surface area contributed by atoms with E-state index in [9.17, 15) is 0 Å². The van der Waals surface area contributed by atoms with Gasteiger partial charge in [-0.15, -0.1) is 0 Å². The normalized spacial score (nSPS) is 10.9. The van der Waals surface area contributed by atoms with Crippen molar-refractivity contribution >= 4 is 35.4 Å². The van der Waals surface area contributed by atoms with Crippen molar-refractivity contribution in [2.45, 2.75) is 0 Å². The first-order valence-corrected chi connectivity index (χ1v) is 5.43. The lowest BCUT2D eigenvalue weighted by Gasteiger charge is -1.95. The Bertz CT molecular complexity index is 489. The minimum atomic E-state index is 0.153. The summed E-state index contributed by atoms with van der Waals surface area (Å²) in [5.41, 5.74) is 1.78. The highest BCUT2D eigenvalue weighted by atomic mass is 35.5. The Kier molecular flexibility index (Phi) is 3.54. The molecule has 0 amide bonds. The smallest absolute Gasteiger partial charge is 0.218 e. The molecule has 0 aliphatic rings. The first-order chi connectivity index (χ1) is 7.74. The van der Waals surface area contributed by atoms with Crippen LogP contribution >= 0.6 is 23.2 Å². The second-order valence-electron chi connectivity index (χ2n) is 3.13. The zero-order valence-corrected chi connectivity index (χ0v) is 9.78. The zero-order chi connectivity index (χ0) is 11.4. The maximum absolute atomic E-state index is 5.76. The molecule has 1 aromatic carbocycles. The molecule has 0 saturated heterocycles. The molecular weight excluding hydrogens is 243 g/mol. The standard InChI is InChI=1S/C12H8Cl2N2/c13-11-8-10(15-12(14)16-11)7-6-9-4-2-1-3-5-9/h1-8H/b7-6-. The number of hydrogen-bond donors (Lipinski definition) is 0. The third-order valence-corrected chi connectivity index (χ3v) is 2.30. The second-order valence-corrected chi connectivity index (χ2v) is 3.85. The molecule has 80 valence electrons. The minimum absolute atomic E-state index is 0.153. The Hall–Kier alpha value is -1.38. The summed E-state index contributed by atoms with van der Waals surface area (Å²) in [4.78, 5) is 7.81. The number of benzene rings is 1. The number of hydrogen-bond acceptors (Lipinski definition) is 2. The molecule has 0 unspecified atom stereocenters. The Labute approximate surface area is 104 Å². The molecule has 2 rings (SSSR count). The van der Waals surface area contributed by atoms with Gasteiger partial charge in [-0.2, -0.15) is 0 Å². The van der Waals surface area contributed by atoms with Crippen LogP contribution in [0.5, 0.6) is 0 Å². The quantitative estimate of drug-likeness (QED) is 0.596. The Morgan fingerprint density at radius 3 is 2.38 bits per heavy atom. The number of nitrogens with zero attached hydrogens (tertiary/aromatic N) is 2. The molecule has 0 fully saturated rings. The first kappa shape index (κ1) is 11.1. The van der Waals surface area contributed by atoms with Gasteiger partial charge in [0.1, 0.15) is 5.15 Å². The highest BCUT2D eigenvalue weighted by Gasteiger charge is 1.97. The fourth-order valence-electron chi connectivity index (χ4n) is 1.24. The van der Waals surface area contributed by atoms with E-state index in [1.165, 1.54) is 0 Å². The molecule has 0 N–H and O–H groups in total. The van der Waals surface area contributed by atoms with Gasteiger partial charge in [0.05, 0.1) is 5.69 Å². The summed E-state index contributed by atoms with van der Waals surface area (Å²) in [6.07, 6.45) is 3.78. The van der Waals surface area contributed by atoms with Crippen LogP contribution in [-0.2, 0) is 0 Å². The van der Waals surface area contributed by atoms with Crippen molar-refractivity contribution in [3.8, 4) is 0 Å². The van der Waals surface area contributed by atoms with Crippen LogP contribution in [0.3, 0.4) is 0 Å². The van der Waals surface area contributed by atoms with Gasteiger partial charge in [0.15, 0.2) is 0 Å². The number of rotatable bonds is 2. The lowest BCUT2D eigenvalue weighted by atomic mass is 10.2. The van der Waals surface area contributed by atoms with E-state index < -0.39 is 0 Å². The predicted molar refractivity (Wildman–Crippen MR) is 67.4 cm³/mol. The van der Waals surface area contributed by atoms with Crippen LogP contribution in [0.2, 0.25) is 10.4 Å². The van der Waals surface area contributed by atoms with E-state index in [1.807, 2.05) is 42.5 Å². The van der Waals surface area contributed by atoms with Crippen LogP contribution < -0.4 is 0 Å². The average Bonchev–Trinajstić information content (AvgIpc) is 2.27. The van der Waals surface area contributed by atoms with Crippen LogP contribution in [0.1, 0.15) is 11.3 Å². The van der Waals surface area contributed by atoms with Gasteiger partial charge in [-0.3, -0.25) is 0 Å². The molecule has 2 aromatic rings. The molecule has 16 heavy (non-hydrogen) atoms. The molecule has 0 atom stereocenters. The van der Waals surface area contributed by atoms with E-state index in [2.05, 4.69) is 9.97 Å². The van der Waals surface area contributed by atoms with Crippen LogP contribution in [0.25, 0.3) is 12.2 Å². The van der Waals surface area contributed by atoms with E-state index in [1.54, 1.807) is 6.07 Å². The first-order valence-electron chi connectivity index (χ1n) is 4.67. The van der Waals surface area contributed by atoms with E-state index in [0.29, 0.717) is 10.8 Å². The number of aromatic nitrogens is 2. The van der Waals surface area contributed by atoms with Crippen LogP contribution in [0.15, 0.2) is 36.4 Å². The molecule has 0 saturated carbocycles. The molecule has 1 aromatic heterocycles. The van der Waals surface area contributed by atoms with Gasteiger partial charge in [-0.05, 0) is 23.2 Å². The zero-order valence-electron chi connectivity index (χ0n) is 8.27. The van der Waals surface area contributed by atoms with E-state index in [4.69, 9.17) is 23.2 Å². The SMILES string of the molecule is Clc1cc(/C=C\c2ccccc2)nc(Cl)n1. The van der Waals surface area contributed by atoms with Crippen molar-refractivity contribution in [3.63, 3.8) is 0 Å². The van der Waals surface area contributed by atoms with E-state index >= 15 is 0 Å². The summed E-state index contributed by atoms with van der Waals surface area (Å²) in [6.45, 7) is 0. The van der Waals surface area contributed by atoms with Gasteiger partial charge >= 0.3 is 0 Å². The van der Waals surface area contributed by atoms with Crippen molar-refractivity contribution in [2.75, 3.05) is 0 Å². The summed E-state index contributed by atoms with van der Waals surface area (Å²) < 4.78 is 0. The maximum atomic E-state index is 5.76. The van der Waals surface area contributed by atoms with E-state index in [-0.39, 0.29) is 5.28 Å². The van der Waals surface area contributed by atoms with Crippen LogP contribution in [0, 0.1) is 0 Å². The molecular formula is C12H8Cl2N2. The van der Waals surface area contributed by atoms with Crippen LogP contribution in [0.4, 0.5) is 0 Å². The van der Waals surface area contributed by atoms with Crippen molar-refractivity contribution in [1.29, 1.82) is 0 Å². The average molecular weight is 251 g/mol. The largest absolute Gasteiger partial charge is 0.224 e. The van der Waals surface area contributed by atoms with Gasteiger partial charge < -0.3 is 0 Å². The number of halogens is 2. The minimum Gasteiger partial charge on any atom is -0.218 e. The topological polar surface area (TPSA) is 25.8 Å². The Morgan fingerprint density at radius 1 is 0.938 bits per heavy atom. The maximum Gasteiger partial charge on any atom is 0.224 e. The molecule has 1 heterocycles. The lowest BCUT2D eigenvalue weighted by molar-refractivity contribution is 1.15. The highest BCUT2D eigenvalue weighted by Crippen LogP contribution is 2.13. The van der Waals surface area contributed by atoms with Crippen molar-refractivity contribution in [3.05, 3.63) is 58.1 Å². The molecule has 2 nitrogen and oxygen atoms in total. The third kappa shape index (κ3) is 3.05. The fourth-order valence-corrected chi connectivity index (χ4v) is 1.66. The van der Waals surface area contributed by atoms with Gasteiger partial charge in [0.2, 0.25) is 5.28 Å². The summed E-state index contributed by atoms with van der Waals surface area (Å²) in [5, 5.41) is 0.493. The summed E-state index contributed by atoms with van der Waals surface area (Å²) in [7, 11) is 0. The Balaban J connectivity index is 2.24. The molecule has 0 radical (unpaired) electrons. The molecule has 0 spiro atoms. The molecule has 0 aliphatic heterocycles. The second kappa shape index (κ2) is 5.10. The molecule has 4 heteroatoms.